The summed E-state index contributed by atoms with van der Waals surface area (Å²) < 4.78 is 28.9. The Morgan fingerprint density at radius 2 is 1.74 bits per heavy atom. The summed E-state index contributed by atoms with van der Waals surface area (Å²) in [5.74, 6) is 0.149. The van der Waals surface area contributed by atoms with Crippen molar-refractivity contribution in [2.24, 2.45) is 0 Å². The fourth-order valence-electron chi connectivity index (χ4n) is 5.42. The molecule has 0 bridgehead atoms. The van der Waals surface area contributed by atoms with Gasteiger partial charge in [0.15, 0.2) is 0 Å². The van der Waals surface area contributed by atoms with E-state index < -0.39 is 10.0 Å². The average molecular weight is 440 g/mol. The fourth-order valence-corrected chi connectivity index (χ4v) is 7.07. The van der Waals surface area contributed by atoms with Gasteiger partial charge in [-0.3, -0.25) is 4.79 Å². The molecule has 7 heteroatoms. The molecule has 3 atom stereocenters. The first-order valence-corrected chi connectivity index (χ1v) is 12.6. The maximum absolute atomic E-state index is 13.6. The first-order chi connectivity index (χ1) is 15.0. The summed E-state index contributed by atoms with van der Waals surface area (Å²) in [5.41, 5.74) is 1.64. The molecule has 6 nitrogen and oxygen atoms in total. The van der Waals surface area contributed by atoms with Gasteiger partial charge in [-0.15, -0.1) is 0 Å². The summed E-state index contributed by atoms with van der Waals surface area (Å²) in [4.78, 5) is 17.9. The van der Waals surface area contributed by atoms with Gasteiger partial charge in [0.2, 0.25) is 15.9 Å². The summed E-state index contributed by atoms with van der Waals surface area (Å²) in [7, 11) is -3.67. The molecule has 5 rings (SSSR count). The van der Waals surface area contributed by atoms with Crippen LogP contribution in [0.4, 0.5) is 5.69 Å². The molecule has 0 saturated carbocycles. The number of fused-ring (bicyclic) bond motifs is 3. The number of hydrogen-bond acceptors (Lipinski definition) is 4. The summed E-state index contributed by atoms with van der Waals surface area (Å²) >= 11 is 0. The topological polar surface area (TPSA) is 60.9 Å². The zero-order chi connectivity index (χ0) is 21.6. The van der Waals surface area contributed by atoms with Crippen molar-refractivity contribution in [1.82, 2.24) is 9.21 Å². The average Bonchev–Trinajstić information content (AvgIpc) is 3.37. The maximum atomic E-state index is 13.6. The predicted molar refractivity (Wildman–Crippen MR) is 120 cm³/mol. The van der Waals surface area contributed by atoms with E-state index in [1.807, 2.05) is 47.4 Å². The van der Waals surface area contributed by atoms with Crippen LogP contribution in [-0.2, 0) is 21.4 Å². The van der Waals surface area contributed by atoms with Gasteiger partial charge < -0.3 is 9.80 Å². The number of anilines is 1. The molecule has 0 radical (unpaired) electrons. The van der Waals surface area contributed by atoms with Gasteiger partial charge in [0, 0.05) is 31.7 Å². The van der Waals surface area contributed by atoms with E-state index in [1.54, 1.807) is 16.4 Å². The minimum Gasteiger partial charge on any atom is -0.354 e. The summed E-state index contributed by atoms with van der Waals surface area (Å²) in [5, 5.41) is 0. The lowest BCUT2D eigenvalue weighted by atomic mass is 10.1. The van der Waals surface area contributed by atoms with Crippen LogP contribution >= 0.6 is 0 Å². The number of nitrogens with zero attached hydrogens (tertiary/aromatic N) is 3. The van der Waals surface area contributed by atoms with E-state index in [0.717, 1.165) is 37.8 Å². The van der Waals surface area contributed by atoms with Crippen LogP contribution in [0, 0.1) is 0 Å². The number of carbonyl (C=O) groups excluding carboxylic acids is 1. The van der Waals surface area contributed by atoms with Crippen molar-refractivity contribution in [2.45, 2.75) is 62.2 Å². The number of amides is 1. The molecule has 164 valence electrons. The van der Waals surface area contributed by atoms with E-state index in [4.69, 9.17) is 0 Å². The van der Waals surface area contributed by atoms with Crippen molar-refractivity contribution in [3.8, 4) is 0 Å². The minimum absolute atomic E-state index is 0.00556. The van der Waals surface area contributed by atoms with Crippen molar-refractivity contribution in [1.29, 1.82) is 0 Å². The van der Waals surface area contributed by atoms with E-state index in [1.165, 1.54) is 0 Å². The van der Waals surface area contributed by atoms with Crippen molar-refractivity contribution >= 4 is 21.6 Å². The standard InChI is InChI=1S/C24H29N3O3S/c1-18-8-7-15-26(18)24(28)22-14-13-20-17-25(16-19-9-3-2-4-10-19)31(29,30)23-12-6-5-11-21(23)27(20)22/h2-6,9-12,18,20,22H,7-8,13-17H2,1H3/t18-,20-,22-/m1/s1. The van der Waals surface area contributed by atoms with Crippen LogP contribution in [0.3, 0.4) is 0 Å². The van der Waals surface area contributed by atoms with Crippen molar-refractivity contribution in [3.05, 3.63) is 60.2 Å². The van der Waals surface area contributed by atoms with Gasteiger partial charge in [-0.1, -0.05) is 42.5 Å². The second kappa shape index (κ2) is 7.95. The van der Waals surface area contributed by atoms with Gasteiger partial charge >= 0.3 is 0 Å². The Bertz CT molecular complexity index is 1070. The zero-order valence-corrected chi connectivity index (χ0v) is 18.7. The van der Waals surface area contributed by atoms with E-state index in [-0.39, 0.29) is 24.0 Å². The SMILES string of the molecule is C[C@@H]1CCCN1C(=O)[C@H]1CC[C@@H]2CN(Cc3ccccc3)S(=O)(=O)c3ccccc3N21. The Kier molecular flexibility index (Phi) is 5.26. The highest BCUT2D eigenvalue weighted by atomic mass is 32.2. The molecule has 2 aromatic carbocycles. The van der Waals surface area contributed by atoms with Crippen molar-refractivity contribution in [2.75, 3.05) is 18.0 Å². The minimum atomic E-state index is -3.67. The molecule has 3 aliphatic rings. The first kappa shape index (κ1) is 20.5. The monoisotopic (exact) mass is 439 g/mol. The molecule has 1 amide bonds. The molecule has 3 heterocycles. The quantitative estimate of drug-likeness (QED) is 0.737. The van der Waals surface area contributed by atoms with Crippen LogP contribution in [0.1, 0.15) is 38.2 Å². The Hall–Kier alpha value is -2.38. The number of carbonyl (C=O) groups is 1. The highest BCUT2D eigenvalue weighted by Gasteiger charge is 2.47. The number of sulfonamides is 1. The predicted octanol–water partition coefficient (Wildman–Crippen LogP) is 3.24. The molecule has 0 aromatic heterocycles. The molecular weight excluding hydrogens is 410 g/mol. The van der Waals surface area contributed by atoms with Crippen LogP contribution in [-0.4, -0.2) is 54.7 Å². The van der Waals surface area contributed by atoms with E-state index in [2.05, 4.69) is 11.8 Å². The van der Waals surface area contributed by atoms with Crippen LogP contribution < -0.4 is 4.90 Å². The largest absolute Gasteiger partial charge is 0.354 e. The summed E-state index contributed by atoms with van der Waals surface area (Å²) in [6.45, 7) is 3.64. The zero-order valence-electron chi connectivity index (χ0n) is 17.9. The second-order valence-corrected chi connectivity index (χ2v) is 10.8. The lowest BCUT2D eigenvalue weighted by molar-refractivity contribution is -0.133. The normalized spacial score (nSPS) is 27.6. The smallest absolute Gasteiger partial charge is 0.245 e. The number of hydrogen-bond donors (Lipinski definition) is 0. The van der Waals surface area contributed by atoms with Crippen LogP contribution in [0.5, 0.6) is 0 Å². The molecule has 0 aliphatic carbocycles. The Morgan fingerprint density at radius 1 is 1.00 bits per heavy atom. The Morgan fingerprint density at radius 3 is 2.48 bits per heavy atom. The lowest BCUT2D eigenvalue weighted by Crippen LogP contribution is -2.50. The molecule has 0 unspecified atom stereocenters. The molecule has 3 aliphatic heterocycles. The Balaban J connectivity index is 1.53. The number of likely N-dealkylation sites (tertiary alicyclic amines) is 1. The first-order valence-electron chi connectivity index (χ1n) is 11.2. The van der Waals surface area contributed by atoms with Crippen LogP contribution in [0.15, 0.2) is 59.5 Å². The van der Waals surface area contributed by atoms with Crippen molar-refractivity contribution < 1.29 is 13.2 Å². The molecule has 31 heavy (non-hydrogen) atoms. The van der Waals surface area contributed by atoms with Gasteiger partial charge in [-0.25, -0.2) is 8.42 Å². The van der Waals surface area contributed by atoms with Gasteiger partial charge in [0.25, 0.3) is 0 Å². The molecular formula is C24H29N3O3S. The number of rotatable bonds is 3. The van der Waals surface area contributed by atoms with Gasteiger partial charge in [-0.05, 0) is 50.3 Å². The van der Waals surface area contributed by atoms with Gasteiger partial charge in [-0.2, -0.15) is 4.31 Å². The van der Waals surface area contributed by atoms with Crippen LogP contribution in [0.25, 0.3) is 0 Å². The number of benzene rings is 2. The third-order valence-electron chi connectivity index (χ3n) is 7.00. The lowest BCUT2D eigenvalue weighted by Gasteiger charge is -2.34. The summed E-state index contributed by atoms with van der Waals surface area (Å²) in [6.07, 6.45) is 3.66. The molecule has 0 spiro atoms. The fraction of sp³-hybridized carbons (Fsp3) is 0.458. The maximum Gasteiger partial charge on any atom is 0.245 e. The highest BCUT2D eigenvalue weighted by molar-refractivity contribution is 7.89. The molecule has 2 aromatic rings. The molecule has 2 fully saturated rings. The third-order valence-corrected chi connectivity index (χ3v) is 8.86. The highest BCUT2D eigenvalue weighted by Crippen LogP contribution is 2.41. The van der Waals surface area contributed by atoms with Gasteiger partial charge in [0.1, 0.15) is 10.9 Å². The number of para-hydroxylation sites is 1. The van der Waals surface area contributed by atoms with E-state index in [9.17, 15) is 13.2 Å². The van der Waals surface area contributed by atoms with Crippen molar-refractivity contribution in [3.63, 3.8) is 0 Å². The van der Waals surface area contributed by atoms with Crippen LogP contribution in [0.2, 0.25) is 0 Å². The van der Waals surface area contributed by atoms with E-state index >= 15 is 0 Å². The molecule has 2 saturated heterocycles. The second-order valence-electron chi connectivity index (χ2n) is 8.93. The van der Waals surface area contributed by atoms with Gasteiger partial charge in [0.05, 0.1) is 5.69 Å². The Labute approximate surface area is 184 Å². The summed E-state index contributed by atoms with van der Waals surface area (Å²) in [6, 6.07) is 16.9. The van der Waals surface area contributed by atoms with E-state index in [0.29, 0.717) is 23.7 Å². The molecule has 0 N–H and O–H groups in total. The third kappa shape index (κ3) is 3.53.